The smallest absolute Gasteiger partial charge is 0.309 e. The Labute approximate surface area is 112 Å². The Bertz CT molecular complexity index is 509. The number of carbonyl (C=O) groups is 1. The van der Waals surface area contributed by atoms with Gasteiger partial charge in [0.05, 0.1) is 18.4 Å². The van der Waals surface area contributed by atoms with Crippen molar-refractivity contribution in [3.8, 4) is 0 Å². The van der Waals surface area contributed by atoms with Crippen LogP contribution >= 0.6 is 0 Å². The number of rotatable bonds is 7. The molecule has 0 spiro atoms. The van der Waals surface area contributed by atoms with Gasteiger partial charge in [0.1, 0.15) is 0 Å². The second kappa shape index (κ2) is 7.22. The number of aliphatic hydroxyl groups is 1. The number of esters is 1. The van der Waals surface area contributed by atoms with Crippen molar-refractivity contribution >= 4 is 16.0 Å². The van der Waals surface area contributed by atoms with Crippen LogP contribution in [-0.2, 0) is 26.0 Å². The first-order valence-corrected chi connectivity index (χ1v) is 7.24. The Morgan fingerprint density at radius 2 is 1.95 bits per heavy atom. The van der Waals surface area contributed by atoms with Gasteiger partial charge in [-0.25, -0.2) is 13.1 Å². The predicted octanol–water partition coefficient (Wildman–Crippen LogP) is 0.0628. The van der Waals surface area contributed by atoms with Crippen LogP contribution in [0.1, 0.15) is 12.0 Å². The molecule has 0 atom stereocenters. The van der Waals surface area contributed by atoms with Gasteiger partial charge in [-0.3, -0.25) is 4.79 Å². The molecular weight excluding hydrogens is 270 g/mol. The zero-order valence-electron chi connectivity index (χ0n) is 10.6. The monoisotopic (exact) mass is 287 g/mol. The Hall–Kier alpha value is -1.44. The van der Waals surface area contributed by atoms with Crippen molar-refractivity contribution in [2.24, 2.45) is 0 Å². The van der Waals surface area contributed by atoms with Gasteiger partial charge < -0.3 is 9.84 Å². The van der Waals surface area contributed by atoms with Crippen LogP contribution in [0.4, 0.5) is 0 Å². The summed E-state index contributed by atoms with van der Waals surface area (Å²) in [6.07, 6.45) is 0.467. The Kier molecular flexibility index (Phi) is 5.94. The molecule has 0 bridgehead atoms. The van der Waals surface area contributed by atoms with Crippen molar-refractivity contribution in [2.45, 2.75) is 17.7 Å². The number of hydrogen-bond donors (Lipinski definition) is 2. The number of hydrogen-bond acceptors (Lipinski definition) is 5. The van der Waals surface area contributed by atoms with E-state index in [1.807, 2.05) is 0 Å². The molecule has 6 nitrogen and oxygen atoms in total. The van der Waals surface area contributed by atoms with Crippen molar-refractivity contribution in [1.29, 1.82) is 0 Å². The molecule has 0 fully saturated rings. The lowest BCUT2D eigenvalue weighted by Crippen LogP contribution is -2.25. The predicted molar refractivity (Wildman–Crippen MR) is 69.1 cm³/mol. The van der Waals surface area contributed by atoms with Gasteiger partial charge in [-0.1, -0.05) is 12.1 Å². The first-order valence-electron chi connectivity index (χ1n) is 5.76. The average Bonchev–Trinajstić information content (AvgIpc) is 2.39. The molecule has 1 rings (SSSR count). The molecule has 0 aliphatic rings. The summed E-state index contributed by atoms with van der Waals surface area (Å²) in [6.45, 7) is 0.114. The second-order valence-electron chi connectivity index (χ2n) is 3.87. The molecule has 1 aromatic carbocycles. The highest BCUT2D eigenvalue weighted by atomic mass is 32.2. The Balaban J connectivity index is 2.72. The molecule has 2 N–H and O–H groups in total. The minimum absolute atomic E-state index is 0.0689. The molecule has 0 radical (unpaired) electrons. The highest BCUT2D eigenvalue weighted by Crippen LogP contribution is 2.11. The number of benzene rings is 1. The number of carbonyl (C=O) groups excluding carboxylic acids is 1. The zero-order valence-corrected chi connectivity index (χ0v) is 11.4. The summed E-state index contributed by atoms with van der Waals surface area (Å²) in [6, 6.07) is 5.99. The third kappa shape index (κ3) is 4.98. The van der Waals surface area contributed by atoms with E-state index >= 15 is 0 Å². The summed E-state index contributed by atoms with van der Waals surface area (Å²) < 4.78 is 30.5. The summed E-state index contributed by atoms with van der Waals surface area (Å²) in [5.74, 6) is -0.378. The van der Waals surface area contributed by atoms with E-state index in [9.17, 15) is 13.2 Å². The van der Waals surface area contributed by atoms with Crippen molar-refractivity contribution in [2.75, 3.05) is 20.3 Å². The third-order valence-electron chi connectivity index (χ3n) is 2.44. The lowest BCUT2D eigenvalue weighted by Gasteiger charge is -2.06. The molecule has 0 saturated carbocycles. The fraction of sp³-hybridized carbons (Fsp3) is 0.417. The van der Waals surface area contributed by atoms with Gasteiger partial charge in [0, 0.05) is 13.2 Å². The summed E-state index contributed by atoms with van der Waals surface area (Å²) in [4.78, 5) is 11.2. The fourth-order valence-corrected chi connectivity index (χ4v) is 2.47. The number of ether oxygens (including phenoxy) is 1. The molecule has 0 saturated heterocycles. The van der Waals surface area contributed by atoms with E-state index in [1.165, 1.54) is 19.2 Å². The van der Waals surface area contributed by atoms with Crippen LogP contribution in [0.25, 0.3) is 0 Å². The molecular formula is C12H17NO5S. The highest BCUT2D eigenvalue weighted by Gasteiger charge is 2.13. The molecule has 0 aliphatic carbocycles. The standard InChI is InChI=1S/C12H17NO5S/c1-18-12(15)9-10-3-5-11(6-4-10)19(16,17)13-7-2-8-14/h3-6,13-14H,2,7-9H2,1H3. The fourth-order valence-electron chi connectivity index (χ4n) is 1.39. The molecule has 0 aromatic heterocycles. The van der Waals surface area contributed by atoms with Gasteiger partial charge in [-0.15, -0.1) is 0 Å². The Morgan fingerprint density at radius 3 is 2.47 bits per heavy atom. The van der Waals surface area contributed by atoms with Crippen molar-refractivity contribution < 1.29 is 23.1 Å². The molecule has 7 heteroatoms. The van der Waals surface area contributed by atoms with Crippen LogP contribution in [-0.4, -0.2) is 39.8 Å². The van der Waals surface area contributed by atoms with Gasteiger partial charge in [0.2, 0.25) is 10.0 Å². The molecule has 0 heterocycles. The molecule has 0 aliphatic heterocycles. The maximum atomic E-state index is 11.8. The molecule has 106 valence electrons. The van der Waals surface area contributed by atoms with E-state index in [2.05, 4.69) is 9.46 Å². The van der Waals surface area contributed by atoms with E-state index in [1.54, 1.807) is 12.1 Å². The van der Waals surface area contributed by atoms with Crippen LogP contribution in [0.2, 0.25) is 0 Å². The van der Waals surface area contributed by atoms with Crippen LogP contribution < -0.4 is 4.72 Å². The summed E-state index contributed by atoms with van der Waals surface area (Å²) in [7, 11) is -2.26. The van der Waals surface area contributed by atoms with Crippen molar-refractivity contribution in [1.82, 2.24) is 4.72 Å². The lowest BCUT2D eigenvalue weighted by molar-refractivity contribution is -0.139. The van der Waals surface area contributed by atoms with E-state index in [-0.39, 0.29) is 30.4 Å². The molecule has 0 unspecified atom stereocenters. The highest BCUT2D eigenvalue weighted by molar-refractivity contribution is 7.89. The molecule has 1 aromatic rings. The Morgan fingerprint density at radius 1 is 1.32 bits per heavy atom. The SMILES string of the molecule is COC(=O)Cc1ccc(S(=O)(=O)NCCCO)cc1. The van der Waals surface area contributed by atoms with Gasteiger partial charge >= 0.3 is 5.97 Å². The summed E-state index contributed by atoms with van der Waals surface area (Å²) in [5.41, 5.74) is 0.682. The second-order valence-corrected chi connectivity index (χ2v) is 5.64. The topological polar surface area (TPSA) is 92.7 Å². The minimum Gasteiger partial charge on any atom is -0.469 e. The summed E-state index contributed by atoms with van der Waals surface area (Å²) >= 11 is 0. The number of methoxy groups -OCH3 is 1. The van der Waals surface area contributed by atoms with E-state index in [4.69, 9.17) is 5.11 Å². The van der Waals surface area contributed by atoms with E-state index in [0.717, 1.165) is 0 Å². The zero-order chi connectivity index (χ0) is 14.3. The van der Waals surface area contributed by atoms with Crippen LogP contribution in [0.5, 0.6) is 0 Å². The first-order chi connectivity index (χ1) is 8.99. The van der Waals surface area contributed by atoms with E-state index < -0.39 is 10.0 Å². The van der Waals surface area contributed by atoms with Crippen LogP contribution in [0.15, 0.2) is 29.2 Å². The van der Waals surface area contributed by atoms with Crippen molar-refractivity contribution in [3.05, 3.63) is 29.8 Å². The van der Waals surface area contributed by atoms with Gasteiger partial charge in [0.25, 0.3) is 0 Å². The van der Waals surface area contributed by atoms with Gasteiger partial charge in [-0.05, 0) is 24.1 Å². The van der Waals surface area contributed by atoms with Crippen LogP contribution in [0.3, 0.4) is 0 Å². The number of aliphatic hydroxyl groups excluding tert-OH is 1. The minimum atomic E-state index is -3.56. The number of sulfonamides is 1. The molecule has 19 heavy (non-hydrogen) atoms. The molecule has 0 amide bonds. The van der Waals surface area contributed by atoms with E-state index in [0.29, 0.717) is 12.0 Å². The van der Waals surface area contributed by atoms with Gasteiger partial charge in [0.15, 0.2) is 0 Å². The quantitative estimate of drug-likeness (QED) is 0.546. The third-order valence-corrected chi connectivity index (χ3v) is 3.91. The van der Waals surface area contributed by atoms with Crippen LogP contribution in [0, 0.1) is 0 Å². The maximum absolute atomic E-state index is 11.8. The lowest BCUT2D eigenvalue weighted by atomic mass is 10.2. The first kappa shape index (κ1) is 15.6. The van der Waals surface area contributed by atoms with Crippen molar-refractivity contribution in [3.63, 3.8) is 0 Å². The maximum Gasteiger partial charge on any atom is 0.309 e. The largest absolute Gasteiger partial charge is 0.469 e. The summed E-state index contributed by atoms with van der Waals surface area (Å²) in [5, 5.41) is 8.60. The van der Waals surface area contributed by atoms with Gasteiger partial charge in [-0.2, -0.15) is 0 Å². The average molecular weight is 287 g/mol. The number of nitrogens with one attached hydrogen (secondary N) is 1. The normalized spacial score (nSPS) is 11.3.